The summed E-state index contributed by atoms with van der Waals surface area (Å²) in [6.45, 7) is 7.11. The van der Waals surface area contributed by atoms with Crippen molar-refractivity contribution in [3.05, 3.63) is 23.9 Å². The number of nitrogens with one attached hydrogen (secondary N) is 2. The first kappa shape index (κ1) is 24.9. The second-order valence-electron chi connectivity index (χ2n) is 6.15. The maximum Gasteiger partial charge on any atom is 0.191 e. The number of anilines is 1. The molecule has 0 saturated carbocycles. The molecule has 8 heteroatoms. The zero-order valence-corrected chi connectivity index (χ0v) is 19.1. The molecule has 0 spiro atoms. The van der Waals surface area contributed by atoms with E-state index in [0.29, 0.717) is 6.54 Å². The molecule has 1 aromatic heterocycles. The van der Waals surface area contributed by atoms with Crippen molar-refractivity contribution in [2.24, 2.45) is 4.99 Å². The molecule has 2 N–H and O–H groups in total. The summed E-state index contributed by atoms with van der Waals surface area (Å²) in [6, 6.07) is 6.02. The van der Waals surface area contributed by atoms with Crippen LogP contribution in [0.15, 0.2) is 23.2 Å². The van der Waals surface area contributed by atoms with Crippen LogP contribution in [0.25, 0.3) is 0 Å². The summed E-state index contributed by atoms with van der Waals surface area (Å²) >= 11 is 0. The number of methoxy groups -OCH3 is 1. The first-order valence-corrected chi connectivity index (χ1v) is 8.89. The molecule has 0 saturated heterocycles. The maximum absolute atomic E-state index is 5.08. The van der Waals surface area contributed by atoms with Crippen LogP contribution in [0.2, 0.25) is 0 Å². The van der Waals surface area contributed by atoms with Crippen LogP contribution in [0.1, 0.15) is 19.0 Å². The van der Waals surface area contributed by atoms with Gasteiger partial charge in [0.15, 0.2) is 5.96 Å². The van der Waals surface area contributed by atoms with E-state index in [1.54, 1.807) is 7.11 Å². The highest BCUT2D eigenvalue weighted by Gasteiger charge is 2.02. The third kappa shape index (κ3) is 10.8. The van der Waals surface area contributed by atoms with Gasteiger partial charge in [0.1, 0.15) is 5.82 Å². The quantitative estimate of drug-likeness (QED) is 0.219. The van der Waals surface area contributed by atoms with Crippen molar-refractivity contribution < 1.29 is 4.74 Å². The lowest BCUT2D eigenvalue weighted by molar-refractivity contribution is 0.180. The fourth-order valence-electron chi connectivity index (χ4n) is 2.26. The molecule has 7 nitrogen and oxygen atoms in total. The summed E-state index contributed by atoms with van der Waals surface area (Å²) in [5.41, 5.74) is 0.958. The molecule has 0 radical (unpaired) electrons. The van der Waals surface area contributed by atoms with E-state index in [0.717, 1.165) is 56.7 Å². The molecule has 26 heavy (non-hydrogen) atoms. The van der Waals surface area contributed by atoms with Crippen molar-refractivity contribution in [1.29, 1.82) is 0 Å². The number of likely N-dealkylation sites (N-methyl/N-ethyl adjacent to an activating group) is 1. The Bertz CT molecular complexity index is 512. The Labute approximate surface area is 175 Å². The van der Waals surface area contributed by atoms with Gasteiger partial charge in [0.05, 0.1) is 12.2 Å². The highest BCUT2D eigenvalue weighted by Crippen LogP contribution is 2.08. The molecule has 1 rings (SSSR count). The summed E-state index contributed by atoms with van der Waals surface area (Å²) in [5.74, 6) is 1.77. The number of hydrogen-bond acceptors (Lipinski definition) is 5. The zero-order chi connectivity index (χ0) is 18.5. The number of nitrogens with zero attached hydrogens (tertiary/aromatic N) is 4. The van der Waals surface area contributed by atoms with Gasteiger partial charge in [-0.05, 0) is 32.5 Å². The van der Waals surface area contributed by atoms with Crippen molar-refractivity contribution in [2.45, 2.75) is 19.9 Å². The molecule has 0 aromatic carbocycles. The number of hydrogen-bond donors (Lipinski definition) is 2. The van der Waals surface area contributed by atoms with Gasteiger partial charge in [-0.1, -0.05) is 6.07 Å². The minimum Gasteiger partial charge on any atom is -0.385 e. The zero-order valence-electron chi connectivity index (χ0n) is 16.8. The Kier molecular flexibility index (Phi) is 14.3. The number of guanidine groups is 1. The highest BCUT2D eigenvalue weighted by atomic mass is 127. The third-order valence-corrected chi connectivity index (χ3v) is 3.67. The van der Waals surface area contributed by atoms with Crippen molar-refractivity contribution in [2.75, 3.05) is 65.9 Å². The second-order valence-corrected chi connectivity index (χ2v) is 6.15. The van der Waals surface area contributed by atoms with E-state index in [9.17, 15) is 0 Å². The maximum atomic E-state index is 5.08. The van der Waals surface area contributed by atoms with Gasteiger partial charge in [-0.25, -0.2) is 9.98 Å². The van der Waals surface area contributed by atoms with Gasteiger partial charge in [-0.2, -0.15) is 0 Å². The van der Waals surface area contributed by atoms with Crippen molar-refractivity contribution in [3.63, 3.8) is 0 Å². The van der Waals surface area contributed by atoms with Gasteiger partial charge in [-0.3, -0.25) is 0 Å². The summed E-state index contributed by atoms with van der Waals surface area (Å²) in [7, 11) is 7.84. The lowest BCUT2D eigenvalue weighted by atomic mass is 10.3. The fraction of sp³-hybridized carbons (Fsp3) is 0.667. The van der Waals surface area contributed by atoms with Crippen LogP contribution in [0, 0.1) is 0 Å². The van der Waals surface area contributed by atoms with Crippen molar-refractivity contribution >= 4 is 35.8 Å². The smallest absolute Gasteiger partial charge is 0.191 e. The van der Waals surface area contributed by atoms with Crippen molar-refractivity contribution in [1.82, 2.24) is 20.5 Å². The monoisotopic (exact) mass is 478 g/mol. The van der Waals surface area contributed by atoms with Crippen LogP contribution in [-0.4, -0.2) is 76.9 Å². The lowest BCUT2D eigenvalue weighted by Gasteiger charge is -2.18. The van der Waals surface area contributed by atoms with Crippen LogP contribution in [0.5, 0.6) is 0 Å². The molecule has 0 aliphatic carbocycles. The van der Waals surface area contributed by atoms with Gasteiger partial charge >= 0.3 is 0 Å². The molecule has 0 fully saturated rings. The minimum atomic E-state index is 0. The predicted molar refractivity (Wildman–Crippen MR) is 121 cm³/mol. The summed E-state index contributed by atoms with van der Waals surface area (Å²) < 4.78 is 5.08. The summed E-state index contributed by atoms with van der Waals surface area (Å²) in [6.07, 6.45) is 1.05. The van der Waals surface area contributed by atoms with E-state index in [2.05, 4.69) is 39.5 Å². The molecule has 0 atom stereocenters. The van der Waals surface area contributed by atoms with Crippen LogP contribution < -0.4 is 15.5 Å². The first-order chi connectivity index (χ1) is 12.1. The molecular weight excluding hydrogens is 443 g/mol. The van der Waals surface area contributed by atoms with Crippen molar-refractivity contribution in [3.8, 4) is 0 Å². The Hall–Kier alpha value is -1.13. The lowest BCUT2D eigenvalue weighted by Crippen LogP contribution is -2.41. The molecule has 0 amide bonds. The highest BCUT2D eigenvalue weighted by molar-refractivity contribution is 14.0. The average Bonchev–Trinajstić information content (AvgIpc) is 2.60. The molecule has 1 heterocycles. The molecule has 0 aliphatic rings. The Morgan fingerprint density at radius 2 is 1.96 bits per heavy atom. The predicted octanol–water partition coefficient (Wildman–Crippen LogP) is 1.79. The number of aromatic nitrogens is 1. The largest absolute Gasteiger partial charge is 0.385 e. The van der Waals surface area contributed by atoms with Gasteiger partial charge < -0.3 is 25.2 Å². The van der Waals surface area contributed by atoms with Crippen LogP contribution in [0.4, 0.5) is 5.82 Å². The number of pyridine rings is 1. The summed E-state index contributed by atoms with van der Waals surface area (Å²) in [5, 5.41) is 6.66. The Morgan fingerprint density at radius 1 is 1.19 bits per heavy atom. The van der Waals surface area contributed by atoms with E-state index in [1.165, 1.54) is 0 Å². The Morgan fingerprint density at radius 3 is 2.62 bits per heavy atom. The van der Waals surface area contributed by atoms with E-state index in [1.807, 2.05) is 37.2 Å². The second kappa shape index (κ2) is 15.0. The molecule has 0 unspecified atom stereocenters. The molecule has 0 aliphatic heterocycles. The molecule has 1 aromatic rings. The fourth-order valence-corrected chi connectivity index (χ4v) is 2.26. The first-order valence-electron chi connectivity index (χ1n) is 8.89. The number of halogens is 1. The normalized spacial score (nSPS) is 11.2. The van der Waals surface area contributed by atoms with Gasteiger partial charge in [0.2, 0.25) is 0 Å². The number of rotatable bonds is 11. The van der Waals surface area contributed by atoms with E-state index < -0.39 is 0 Å². The Balaban J connectivity index is 0.00000625. The standard InChI is InChI=1S/C18H34N6O.HI/c1-6-19-18(20-11-13-24(4)12-8-14-25-5)21-15-16-9-7-10-17(22-16)23(2)3;/h7,9-10H,6,8,11-15H2,1-5H3,(H2,19,20,21);1H. The van der Waals surface area contributed by atoms with E-state index in [4.69, 9.17) is 4.74 Å². The topological polar surface area (TPSA) is 65.0 Å². The SMILES string of the molecule is CCNC(=NCc1cccc(N(C)C)n1)NCCN(C)CCCOC.I. The molecular formula is C18H35IN6O. The number of ether oxygens (including phenoxy) is 1. The third-order valence-electron chi connectivity index (χ3n) is 3.67. The number of aliphatic imine (C=N–C) groups is 1. The van der Waals surface area contributed by atoms with E-state index >= 15 is 0 Å². The average molecular weight is 478 g/mol. The minimum absolute atomic E-state index is 0. The van der Waals surface area contributed by atoms with Gasteiger partial charge in [0, 0.05) is 54.0 Å². The molecule has 150 valence electrons. The van der Waals surface area contributed by atoms with Crippen LogP contribution in [0.3, 0.4) is 0 Å². The molecule has 0 bridgehead atoms. The summed E-state index contributed by atoms with van der Waals surface area (Å²) in [4.78, 5) is 13.5. The van der Waals surface area contributed by atoms with Gasteiger partial charge in [0.25, 0.3) is 0 Å². The van der Waals surface area contributed by atoms with Crippen LogP contribution >= 0.6 is 24.0 Å². The van der Waals surface area contributed by atoms with Crippen LogP contribution in [-0.2, 0) is 11.3 Å². The van der Waals surface area contributed by atoms with Gasteiger partial charge in [-0.15, -0.1) is 24.0 Å². The van der Waals surface area contributed by atoms with E-state index in [-0.39, 0.29) is 24.0 Å².